The second-order valence-corrected chi connectivity index (χ2v) is 11.8. The second kappa shape index (κ2) is 11.8. The topological polar surface area (TPSA) is 141 Å². The van der Waals surface area contributed by atoms with Crippen LogP contribution in [0.15, 0.2) is 48.8 Å². The smallest absolute Gasteiger partial charge is 0.495 e. The third-order valence-electron chi connectivity index (χ3n) is 9.23. The largest absolute Gasteiger partial charge is 0.573 e. The highest BCUT2D eigenvalue weighted by Crippen LogP contribution is 2.51. The van der Waals surface area contributed by atoms with Gasteiger partial charge in [0.25, 0.3) is 5.91 Å². The van der Waals surface area contributed by atoms with Gasteiger partial charge in [-0.2, -0.15) is 5.10 Å². The van der Waals surface area contributed by atoms with E-state index in [1.165, 1.54) is 25.6 Å². The molecule has 0 atom stereocenters. The molecule has 0 unspecified atom stereocenters. The molecule has 0 aliphatic carbocycles. The highest BCUT2D eigenvalue weighted by molar-refractivity contribution is 6.05. The summed E-state index contributed by atoms with van der Waals surface area (Å²) >= 11 is 0. The summed E-state index contributed by atoms with van der Waals surface area (Å²) < 4.78 is 49.2. The number of halogens is 3. The van der Waals surface area contributed by atoms with Crippen LogP contribution in [0.25, 0.3) is 22.3 Å². The molecule has 2 aliphatic heterocycles. The fourth-order valence-corrected chi connectivity index (χ4v) is 6.77. The molecule has 5 N–H and O–H groups in total. The van der Waals surface area contributed by atoms with Gasteiger partial charge in [0, 0.05) is 11.1 Å². The number of rotatable bonds is 7. The van der Waals surface area contributed by atoms with E-state index in [2.05, 4.69) is 37.3 Å². The Bertz CT molecular complexity index is 1690. The van der Waals surface area contributed by atoms with E-state index in [1.54, 1.807) is 18.2 Å². The molecule has 2 aliphatic rings. The average molecular weight is 625 g/mol. The molecule has 1 amide bonds. The molecule has 6 rings (SSSR count). The summed E-state index contributed by atoms with van der Waals surface area (Å²) in [5, 5.41) is 15.7. The number of methoxy groups -OCH3 is 1. The number of alkyl halides is 3. The van der Waals surface area contributed by atoms with Crippen molar-refractivity contribution in [1.29, 1.82) is 0 Å². The van der Waals surface area contributed by atoms with Crippen LogP contribution in [0.3, 0.4) is 0 Å². The molecular formula is C31H35F3N8O3. The summed E-state index contributed by atoms with van der Waals surface area (Å²) in [6.07, 6.45) is 0.439. The van der Waals surface area contributed by atoms with Gasteiger partial charge in [-0.15, -0.1) is 13.2 Å². The Morgan fingerprint density at radius 1 is 1.00 bits per heavy atom. The number of fused-ring (bicyclic) bond motifs is 1. The summed E-state index contributed by atoms with van der Waals surface area (Å²) in [5.74, 6) is -0.278. The first-order valence-electron chi connectivity index (χ1n) is 14.8. The molecule has 2 fully saturated rings. The SMILES string of the molecule is COc1cc(-c2nn(C3(C4(C)CCNCC4)CCNCC3)c3ncnc(N)c23)ccc1NC(=O)c1ccc(OC(F)(F)F)cc1. The lowest BCUT2D eigenvalue weighted by molar-refractivity contribution is -0.274. The Morgan fingerprint density at radius 2 is 1.67 bits per heavy atom. The Balaban J connectivity index is 1.36. The number of nitrogen functional groups attached to an aromatic ring is 1. The zero-order valence-electron chi connectivity index (χ0n) is 25.0. The molecule has 45 heavy (non-hydrogen) atoms. The van der Waals surface area contributed by atoms with Gasteiger partial charge in [0.15, 0.2) is 5.65 Å². The van der Waals surface area contributed by atoms with E-state index < -0.39 is 18.0 Å². The summed E-state index contributed by atoms with van der Waals surface area (Å²) in [4.78, 5) is 22.0. The zero-order chi connectivity index (χ0) is 31.8. The summed E-state index contributed by atoms with van der Waals surface area (Å²) in [6.45, 7) is 5.95. The first kappa shape index (κ1) is 30.6. The minimum absolute atomic E-state index is 0.0286. The molecule has 0 radical (unpaired) electrons. The Morgan fingerprint density at radius 3 is 2.31 bits per heavy atom. The molecule has 11 nitrogen and oxygen atoms in total. The van der Waals surface area contributed by atoms with E-state index in [-0.39, 0.29) is 16.5 Å². The van der Waals surface area contributed by atoms with Crippen LogP contribution < -0.4 is 31.2 Å². The van der Waals surface area contributed by atoms with E-state index in [4.69, 9.17) is 20.6 Å². The van der Waals surface area contributed by atoms with E-state index in [9.17, 15) is 18.0 Å². The van der Waals surface area contributed by atoms with E-state index >= 15 is 0 Å². The summed E-state index contributed by atoms with van der Waals surface area (Å²) in [6, 6.07) is 9.91. The van der Waals surface area contributed by atoms with Crippen molar-refractivity contribution < 1.29 is 27.4 Å². The molecule has 2 aromatic heterocycles. The second-order valence-electron chi connectivity index (χ2n) is 11.8. The lowest BCUT2D eigenvalue weighted by Gasteiger charge is -2.53. The highest BCUT2D eigenvalue weighted by atomic mass is 19.4. The lowest BCUT2D eigenvalue weighted by Crippen LogP contribution is -2.57. The summed E-state index contributed by atoms with van der Waals surface area (Å²) in [5.41, 5.74) is 8.65. The standard InChI is InChI=1S/C31H35F3N8O3/c1-29(9-13-36-14-10-29)30(11-15-37-16-12-30)42-27-24(26(35)38-18-39-27)25(41-42)20-5-8-22(23(17-20)44-2)40-28(43)19-3-6-21(7-4-19)45-31(32,33)34/h3-8,17-18,36-37H,9-16H2,1-2H3,(H,40,43)(H2,35,38,39). The number of nitrogens with zero attached hydrogens (tertiary/aromatic N) is 4. The molecule has 4 heterocycles. The number of carbonyl (C=O) groups excluding carboxylic acids is 1. The quantitative estimate of drug-likeness (QED) is 0.230. The Kier molecular flexibility index (Phi) is 8.04. The van der Waals surface area contributed by atoms with Gasteiger partial charge < -0.3 is 31.2 Å². The molecule has 14 heteroatoms. The van der Waals surface area contributed by atoms with Crippen molar-refractivity contribution in [2.45, 2.75) is 44.5 Å². The van der Waals surface area contributed by atoms with Crippen LogP contribution in [0.4, 0.5) is 24.7 Å². The predicted octanol–water partition coefficient (Wildman–Crippen LogP) is 4.70. The number of hydrogen-bond acceptors (Lipinski definition) is 9. The molecule has 0 bridgehead atoms. The van der Waals surface area contributed by atoms with Crippen LogP contribution in [-0.2, 0) is 5.54 Å². The average Bonchev–Trinajstić information content (AvgIpc) is 3.43. The third-order valence-corrected chi connectivity index (χ3v) is 9.23. The van der Waals surface area contributed by atoms with Gasteiger partial charge in [0.2, 0.25) is 0 Å². The highest BCUT2D eigenvalue weighted by Gasteiger charge is 2.52. The number of nitrogens with two attached hydrogens (primary N) is 1. The third kappa shape index (κ3) is 5.75. The van der Waals surface area contributed by atoms with E-state index in [0.29, 0.717) is 39.5 Å². The van der Waals surface area contributed by atoms with E-state index in [1.807, 2.05) is 0 Å². The predicted molar refractivity (Wildman–Crippen MR) is 163 cm³/mol. The van der Waals surface area contributed by atoms with Gasteiger partial charge in [-0.05, 0) is 93.7 Å². The number of aromatic nitrogens is 4. The molecule has 2 aromatic carbocycles. The molecule has 238 valence electrons. The maximum atomic E-state index is 13.0. The molecule has 0 spiro atoms. The first-order chi connectivity index (χ1) is 21.5. The number of hydrogen-bond donors (Lipinski definition) is 4. The van der Waals surface area contributed by atoms with Crippen LogP contribution in [0, 0.1) is 5.41 Å². The number of carbonyl (C=O) groups is 1. The number of anilines is 2. The number of amides is 1. The molecule has 0 saturated carbocycles. The van der Waals surface area contributed by atoms with Crippen LogP contribution in [0.1, 0.15) is 43.0 Å². The van der Waals surface area contributed by atoms with Crippen molar-refractivity contribution >= 4 is 28.4 Å². The minimum Gasteiger partial charge on any atom is -0.495 e. The molecular weight excluding hydrogens is 589 g/mol. The van der Waals surface area contributed by atoms with Gasteiger partial charge in [-0.1, -0.05) is 13.0 Å². The molecule has 2 saturated heterocycles. The minimum atomic E-state index is -4.82. The van der Waals surface area contributed by atoms with Gasteiger partial charge in [0.05, 0.1) is 23.7 Å². The van der Waals surface area contributed by atoms with Crippen molar-refractivity contribution in [3.63, 3.8) is 0 Å². The fourth-order valence-electron chi connectivity index (χ4n) is 6.77. The summed E-state index contributed by atoms with van der Waals surface area (Å²) in [7, 11) is 1.48. The van der Waals surface area contributed by atoms with Crippen molar-refractivity contribution in [3.8, 4) is 22.8 Å². The Labute approximate surface area is 257 Å². The van der Waals surface area contributed by atoms with E-state index in [0.717, 1.165) is 64.0 Å². The zero-order valence-corrected chi connectivity index (χ0v) is 25.0. The lowest BCUT2D eigenvalue weighted by atomic mass is 9.61. The number of ether oxygens (including phenoxy) is 2. The van der Waals surface area contributed by atoms with Crippen molar-refractivity contribution in [2.75, 3.05) is 44.3 Å². The normalized spacial score (nSPS) is 18.0. The Hall–Kier alpha value is -4.43. The number of piperidine rings is 2. The van der Waals surface area contributed by atoms with Crippen molar-refractivity contribution in [1.82, 2.24) is 30.4 Å². The number of nitrogens with one attached hydrogen (secondary N) is 3. The fraction of sp³-hybridized carbons (Fsp3) is 0.419. The first-order valence-corrected chi connectivity index (χ1v) is 14.8. The van der Waals surface area contributed by atoms with Crippen LogP contribution in [-0.4, -0.2) is 65.3 Å². The maximum absolute atomic E-state index is 13.0. The van der Waals surface area contributed by atoms with Gasteiger partial charge in [0.1, 0.15) is 29.3 Å². The van der Waals surface area contributed by atoms with Crippen molar-refractivity contribution in [2.24, 2.45) is 5.41 Å². The van der Waals surface area contributed by atoms with Crippen molar-refractivity contribution in [3.05, 3.63) is 54.4 Å². The van der Waals surface area contributed by atoms with Gasteiger partial charge >= 0.3 is 6.36 Å². The van der Waals surface area contributed by atoms with Gasteiger partial charge in [-0.3, -0.25) is 4.79 Å². The van der Waals surface area contributed by atoms with Crippen LogP contribution in [0.2, 0.25) is 0 Å². The van der Waals surface area contributed by atoms with Crippen LogP contribution in [0.5, 0.6) is 11.5 Å². The van der Waals surface area contributed by atoms with Crippen LogP contribution >= 0.6 is 0 Å². The monoisotopic (exact) mass is 624 g/mol. The maximum Gasteiger partial charge on any atom is 0.573 e. The molecule has 4 aromatic rings. The number of benzene rings is 2. The van der Waals surface area contributed by atoms with Gasteiger partial charge in [-0.25, -0.2) is 14.6 Å².